The van der Waals surface area contributed by atoms with E-state index in [-0.39, 0.29) is 0 Å². The molecule has 138 valence electrons. The number of hydrogen-bond acceptors (Lipinski definition) is 1. The Morgan fingerprint density at radius 2 is 1.08 bits per heavy atom. The van der Waals surface area contributed by atoms with Crippen LogP contribution in [0.5, 0.6) is 0 Å². The summed E-state index contributed by atoms with van der Waals surface area (Å²) in [5.74, 6) is 0. The molecule has 0 aromatic heterocycles. The van der Waals surface area contributed by atoms with E-state index in [0.717, 1.165) is 13.2 Å². The largest absolute Gasteiger partial charge is 0.381 e. The van der Waals surface area contributed by atoms with Crippen molar-refractivity contribution in [2.45, 2.75) is 96.8 Å². The normalized spacial score (nSPS) is 11.0. The molecule has 0 N–H and O–H groups in total. The molecule has 0 aliphatic rings. The molecule has 0 radical (unpaired) electrons. The molecule has 0 aliphatic heterocycles. The van der Waals surface area contributed by atoms with E-state index in [1.165, 1.54) is 95.5 Å². The molecule has 0 bridgehead atoms. The van der Waals surface area contributed by atoms with Gasteiger partial charge in [-0.15, -0.1) is 0 Å². The van der Waals surface area contributed by atoms with Gasteiger partial charge in [0.25, 0.3) is 0 Å². The van der Waals surface area contributed by atoms with Crippen LogP contribution in [0.3, 0.4) is 0 Å². The summed E-state index contributed by atoms with van der Waals surface area (Å²) in [5, 5.41) is 0. The maximum absolute atomic E-state index is 5.59. The molecule has 0 saturated heterocycles. The first-order valence-electron chi connectivity index (χ1n) is 10.5. The van der Waals surface area contributed by atoms with Crippen LogP contribution in [0.4, 0.5) is 0 Å². The molecule has 1 heteroatoms. The first-order valence-corrected chi connectivity index (χ1v) is 10.5. The van der Waals surface area contributed by atoms with Crippen molar-refractivity contribution in [2.75, 3.05) is 13.2 Å². The second-order valence-corrected chi connectivity index (χ2v) is 7.09. The number of unbranched alkanes of at least 4 members (excludes halogenated alkanes) is 11. The van der Waals surface area contributed by atoms with E-state index in [1.54, 1.807) is 0 Å². The fourth-order valence-electron chi connectivity index (χ4n) is 3.12. The topological polar surface area (TPSA) is 9.23 Å². The van der Waals surface area contributed by atoms with Crippen molar-refractivity contribution in [1.29, 1.82) is 0 Å². The van der Waals surface area contributed by atoms with Crippen molar-refractivity contribution >= 4 is 0 Å². The van der Waals surface area contributed by atoms with Gasteiger partial charge in [-0.2, -0.15) is 0 Å². The summed E-state index contributed by atoms with van der Waals surface area (Å²) in [6.07, 6.45) is 19.0. The molecule has 0 unspecified atom stereocenters. The van der Waals surface area contributed by atoms with Crippen LogP contribution < -0.4 is 0 Å². The highest BCUT2D eigenvalue weighted by molar-refractivity contribution is 5.14. The van der Waals surface area contributed by atoms with Gasteiger partial charge in [-0.25, -0.2) is 0 Å². The molecule has 1 nitrogen and oxygen atoms in total. The molecule has 24 heavy (non-hydrogen) atoms. The highest BCUT2D eigenvalue weighted by Crippen LogP contribution is 2.13. The first-order chi connectivity index (χ1) is 11.9. The van der Waals surface area contributed by atoms with Crippen molar-refractivity contribution in [2.24, 2.45) is 0 Å². The SMILES string of the molecule is CCCCOCCCCCCCCCCCCCc1ccccc1. The lowest BCUT2D eigenvalue weighted by molar-refractivity contribution is 0.127. The van der Waals surface area contributed by atoms with Crippen LogP contribution in [0.1, 0.15) is 96.0 Å². The van der Waals surface area contributed by atoms with Crippen LogP contribution in [0.25, 0.3) is 0 Å². The summed E-state index contributed by atoms with van der Waals surface area (Å²) >= 11 is 0. The fourth-order valence-corrected chi connectivity index (χ4v) is 3.12. The molecular weight excluding hydrogens is 292 g/mol. The predicted molar refractivity (Wildman–Crippen MR) is 107 cm³/mol. The van der Waals surface area contributed by atoms with E-state index in [2.05, 4.69) is 37.3 Å². The van der Waals surface area contributed by atoms with Crippen LogP contribution in [-0.2, 0) is 11.2 Å². The molecule has 0 amide bonds. The lowest BCUT2D eigenvalue weighted by Gasteiger charge is -2.04. The van der Waals surface area contributed by atoms with Gasteiger partial charge in [0, 0.05) is 13.2 Å². The summed E-state index contributed by atoms with van der Waals surface area (Å²) in [7, 11) is 0. The van der Waals surface area contributed by atoms with Crippen LogP contribution in [0, 0.1) is 0 Å². The van der Waals surface area contributed by atoms with Gasteiger partial charge in [-0.05, 0) is 31.2 Å². The second-order valence-electron chi connectivity index (χ2n) is 7.09. The highest BCUT2D eigenvalue weighted by atomic mass is 16.5. The molecule has 1 aromatic carbocycles. The molecule has 0 fully saturated rings. The Labute approximate surface area is 151 Å². The van der Waals surface area contributed by atoms with Crippen molar-refractivity contribution in [3.63, 3.8) is 0 Å². The monoisotopic (exact) mass is 332 g/mol. The number of aryl methyl sites for hydroxylation is 1. The van der Waals surface area contributed by atoms with Gasteiger partial charge in [0.2, 0.25) is 0 Å². The van der Waals surface area contributed by atoms with Gasteiger partial charge in [-0.1, -0.05) is 101 Å². The van der Waals surface area contributed by atoms with Crippen molar-refractivity contribution in [1.82, 2.24) is 0 Å². The highest BCUT2D eigenvalue weighted by Gasteiger charge is 1.95. The third-order valence-corrected chi connectivity index (χ3v) is 4.74. The van der Waals surface area contributed by atoms with Gasteiger partial charge >= 0.3 is 0 Å². The van der Waals surface area contributed by atoms with Crippen molar-refractivity contribution in [3.8, 4) is 0 Å². The Morgan fingerprint density at radius 1 is 0.583 bits per heavy atom. The molecule has 0 spiro atoms. The molecule has 1 rings (SSSR count). The smallest absolute Gasteiger partial charge is 0.0466 e. The number of rotatable bonds is 17. The van der Waals surface area contributed by atoms with E-state index in [1.807, 2.05) is 0 Å². The number of benzene rings is 1. The van der Waals surface area contributed by atoms with Crippen molar-refractivity contribution in [3.05, 3.63) is 35.9 Å². The minimum atomic E-state index is 0.960. The fraction of sp³-hybridized carbons (Fsp3) is 0.739. The second kappa shape index (κ2) is 17.0. The predicted octanol–water partition coefficient (Wildman–Crippen LogP) is 7.34. The van der Waals surface area contributed by atoms with Gasteiger partial charge in [0.05, 0.1) is 0 Å². The summed E-state index contributed by atoms with van der Waals surface area (Å²) in [5.41, 5.74) is 1.49. The van der Waals surface area contributed by atoms with Crippen LogP contribution in [0.15, 0.2) is 30.3 Å². The molecule has 0 aliphatic carbocycles. The van der Waals surface area contributed by atoms with Gasteiger partial charge in [-0.3, -0.25) is 0 Å². The molecule has 1 aromatic rings. The average Bonchev–Trinajstić information content (AvgIpc) is 2.62. The maximum atomic E-state index is 5.59. The van der Waals surface area contributed by atoms with Crippen molar-refractivity contribution < 1.29 is 4.74 Å². The summed E-state index contributed by atoms with van der Waals surface area (Å²) in [6, 6.07) is 10.9. The zero-order chi connectivity index (χ0) is 17.1. The quantitative estimate of drug-likeness (QED) is 0.271. The van der Waals surface area contributed by atoms with Crippen LogP contribution >= 0.6 is 0 Å². The average molecular weight is 333 g/mol. The Balaban J connectivity index is 1.70. The zero-order valence-electron chi connectivity index (χ0n) is 16.1. The van der Waals surface area contributed by atoms with E-state index in [4.69, 9.17) is 4.74 Å². The lowest BCUT2D eigenvalue weighted by atomic mass is 10.0. The maximum Gasteiger partial charge on any atom is 0.0466 e. The number of hydrogen-bond donors (Lipinski definition) is 0. The van der Waals surface area contributed by atoms with Gasteiger partial charge in [0.1, 0.15) is 0 Å². The molecule has 0 heterocycles. The summed E-state index contributed by atoms with van der Waals surface area (Å²) in [6.45, 7) is 4.15. The summed E-state index contributed by atoms with van der Waals surface area (Å²) < 4.78 is 5.59. The Morgan fingerprint density at radius 3 is 1.67 bits per heavy atom. The minimum absolute atomic E-state index is 0.960. The third kappa shape index (κ3) is 13.6. The van der Waals surface area contributed by atoms with Gasteiger partial charge in [0.15, 0.2) is 0 Å². The molecule has 0 atom stereocenters. The van der Waals surface area contributed by atoms with E-state index >= 15 is 0 Å². The number of ether oxygens (including phenoxy) is 1. The Kier molecular flexibility index (Phi) is 15.0. The van der Waals surface area contributed by atoms with E-state index in [0.29, 0.717) is 0 Å². The molecule has 0 saturated carbocycles. The third-order valence-electron chi connectivity index (χ3n) is 4.74. The van der Waals surface area contributed by atoms with E-state index < -0.39 is 0 Å². The zero-order valence-corrected chi connectivity index (χ0v) is 16.1. The molecular formula is C23H40O. The van der Waals surface area contributed by atoms with Crippen LogP contribution in [0.2, 0.25) is 0 Å². The minimum Gasteiger partial charge on any atom is -0.381 e. The van der Waals surface area contributed by atoms with E-state index in [9.17, 15) is 0 Å². The Hall–Kier alpha value is -0.820. The van der Waals surface area contributed by atoms with Crippen LogP contribution in [-0.4, -0.2) is 13.2 Å². The summed E-state index contributed by atoms with van der Waals surface area (Å²) in [4.78, 5) is 0. The standard InChI is InChI=1S/C23H40O/c1-2-3-21-24-22-17-12-10-8-6-4-5-7-9-11-14-18-23-19-15-13-16-20-23/h13,15-16,19-20H,2-12,14,17-18,21-22H2,1H3. The Bertz CT molecular complexity index is 346. The lowest BCUT2D eigenvalue weighted by Crippen LogP contribution is -1.96. The first kappa shape index (κ1) is 21.2. The van der Waals surface area contributed by atoms with Gasteiger partial charge < -0.3 is 4.74 Å².